The summed E-state index contributed by atoms with van der Waals surface area (Å²) in [6.45, 7) is 1.11. The molecule has 1 aromatic rings. The number of nitrogens with two attached hydrogens (primary N) is 1. The smallest absolute Gasteiger partial charge is 0.293 e. The number of nitrogens with zero attached hydrogens (tertiary/aromatic N) is 1. The Bertz CT molecular complexity index is 535. The second-order valence-electron chi connectivity index (χ2n) is 5.16. The molecule has 0 radical (unpaired) electrons. The fourth-order valence-electron chi connectivity index (χ4n) is 1.97. The Labute approximate surface area is 135 Å². The molecule has 8 heteroatoms. The maximum atomic E-state index is 11.9. The maximum Gasteiger partial charge on any atom is 0.293 e. The minimum absolute atomic E-state index is 0. The minimum atomic E-state index is -0.462. The Hall–Kier alpha value is -1.86. The Morgan fingerprint density at radius 2 is 2.09 bits per heavy atom. The molecule has 1 aliphatic rings. The number of hydrogen-bond acceptors (Lipinski definition) is 5. The van der Waals surface area contributed by atoms with Gasteiger partial charge < -0.3 is 16.4 Å². The van der Waals surface area contributed by atoms with E-state index < -0.39 is 4.92 Å². The van der Waals surface area contributed by atoms with Gasteiger partial charge >= 0.3 is 0 Å². The van der Waals surface area contributed by atoms with Crippen molar-refractivity contribution < 1.29 is 9.72 Å². The van der Waals surface area contributed by atoms with Gasteiger partial charge in [-0.2, -0.15) is 0 Å². The zero-order valence-corrected chi connectivity index (χ0v) is 13.0. The normalized spacial score (nSPS) is 13.1. The van der Waals surface area contributed by atoms with Crippen molar-refractivity contribution in [2.24, 2.45) is 5.73 Å². The number of carbonyl (C=O) groups is 1. The molecule has 2 rings (SSSR count). The van der Waals surface area contributed by atoms with Crippen molar-refractivity contribution in [3.05, 3.63) is 33.9 Å². The third kappa shape index (κ3) is 5.16. The van der Waals surface area contributed by atoms with Gasteiger partial charge in [-0.3, -0.25) is 14.9 Å². The summed E-state index contributed by atoms with van der Waals surface area (Å²) in [5.74, 6) is -0.298. The van der Waals surface area contributed by atoms with Gasteiger partial charge in [-0.15, -0.1) is 12.4 Å². The molecule has 7 nitrogen and oxygen atoms in total. The van der Waals surface area contributed by atoms with Crippen molar-refractivity contribution >= 4 is 29.7 Å². The first-order valence-electron chi connectivity index (χ1n) is 7.15. The van der Waals surface area contributed by atoms with Crippen molar-refractivity contribution in [2.45, 2.75) is 31.7 Å². The second kappa shape index (κ2) is 8.55. The van der Waals surface area contributed by atoms with E-state index >= 15 is 0 Å². The highest BCUT2D eigenvalue weighted by molar-refractivity contribution is 5.95. The molecule has 0 saturated heterocycles. The molecule has 0 aliphatic heterocycles. The molecule has 122 valence electrons. The summed E-state index contributed by atoms with van der Waals surface area (Å²) in [6, 6.07) is 4.85. The van der Waals surface area contributed by atoms with Gasteiger partial charge in [0.05, 0.1) is 4.92 Å². The molecule has 1 amide bonds. The van der Waals surface area contributed by atoms with E-state index in [4.69, 9.17) is 5.73 Å². The van der Waals surface area contributed by atoms with Crippen LogP contribution in [0.3, 0.4) is 0 Å². The molecule has 1 aliphatic carbocycles. The predicted molar refractivity (Wildman–Crippen MR) is 87.6 cm³/mol. The van der Waals surface area contributed by atoms with Crippen molar-refractivity contribution in [1.82, 2.24) is 5.32 Å². The van der Waals surface area contributed by atoms with Crippen LogP contribution >= 0.6 is 12.4 Å². The molecular weight excluding hydrogens is 308 g/mol. The highest BCUT2D eigenvalue weighted by Crippen LogP contribution is 2.31. The molecule has 1 saturated carbocycles. The first-order chi connectivity index (χ1) is 10.1. The van der Waals surface area contributed by atoms with Crippen molar-refractivity contribution in [3.8, 4) is 0 Å². The Balaban J connectivity index is 0.00000242. The summed E-state index contributed by atoms with van der Waals surface area (Å²) in [4.78, 5) is 22.6. The monoisotopic (exact) mass is 328 g/mol. The molecule has 0 atom stereocenters. The lowest BCUT2D eigenvalue weighted by atomic mass is 10.1. The van der Waals surface area contributed by atoms with E-state index in [-0.39, 0.29) is 24.0 Å². The highest BCUT2D eigenvalue weighted by Gasteiger charge is 2.25. The van der Waals surface area contributed by atoms with Gasteiger partial charge in [0.1, 0.15) is 5.69 Å². The largest absolute Gasteiger partial charge is 0.377 e. The number of amides is 1. The number of halogens is 1. The van der Waals surface area contributed by atoms with Crippen LogP contribution in [0.15, 0.2) is 18.2 Å². The number of nitro groups is 1. The molecule has 1 aromatic carbocycles. The van der Waals surface area contributed by atoms with Crippen LogP contribution < -0.4 is 16.4 Å². The Morgan fingerprint density at radius 1 is 1.36 bits per heavy atom. The predicted octanol–water partition coefficient (Wildman–Crippen LogP) is 2.06. The number of nitro benzene ring substituents is 1. The third-order valence-electron chi connectivity index (χ3n) is 3.31. The fraction of sp³-hybridized carbons (Fsp3) is 0.500. The van der Waals surface area contributed by atoms with Gasteiger partial charge in [0, 0.05) is 24.2 Å². The lowest BCUT2D eigenvalue weighted by molar-refractivity contribution is -0.384. The van der Waals surface area contributed by atoms with E-state index in [0.29, 0.717) is 30.4 Å². The molecule has 0 heterocycles. The van der Waals surface area contributed by atoms with Crippen LogP contribution in [0.5, 0.6) is 0 Å². The maximum absolute atomic E-state index is 11.9. The topological polar surface area (TPSA) is 110 Å². The number of unbranched alkanes of at least 4 members (excludes halogenated alkanes) is 1. The van der Waals surface area contributed by atoms with E-state index in [2.05, 4.69) is 10.6 Å². The highest BCUT2D eigenvalue weighted by atomic mass is 35.5. The number of carbonyl (C=O) groups excluding carboxylic acids is 1. The number of anilines is 1. The summed E-state index contributed by atoms with van der Waals surface area (Å²) in [5, 5.41) is 17.0. The van der Waals surface area contributed by atoms with E-state index in [1.807, 2.05) is 0 Å². The molecule has 0 aromatic heterocycles. The summed E-state index contributed by atoms with van der Waals surface area (Å²) in [5.41, 5.74) is 6.09. The second-order valence-corrected chi connectivity index (χ2v) is 5.16. The van der Waals surface area contributed by atoms with Gasteiger partial charge in [0.15, 0.2) is 0 Å². The molecule has 1 fully saturated rings. The summed E-state index contributed by atoms with van der Waals surface area (Å²) in [7, 11) is 0. The van der Waals surface area contributed by atoms with Crippen LogP contribution in [0.4, 0.5) is 11.4 Å². The molecule has 22 heavy (non-hydrogen) atoms. The van der Waals surface area contributed by atoms with E-state index in [9.17, 15) is 14.9 Å². The van der Waals surface area contributed by atoms with Crippen molar-refractivity contribution in [2.75, 3.05) is 18.4 Å². The third-order valence-corrected chi connectivity index (χ3v) is 3.31. The van der Waals surface area contributed by atoms with Crippen LogP contribution in [-0.2, 0) is 0 Å². The van der Waals surface area contributed by atoms with E-state index in [1.54, 1.807) is 12.1 Å². The number of hydrogen-bond donors (Lipinski definition) is 3. The van der Waals surface area contributed by atoms with Crippen LogP contribution in [0.25, 0.3) is 0 Å². The van der Waals surface area contributed by atoms with Gasteiger partial charge in [-0.05, 0) is 44.4 Å². The van der Waals surface area contributed by atoms with Gasteiger partial charge in [-0.25, -0.2) is 0 Å². The molecule has 4 N–H and O–H groups in total. The lowest BCUT2D eigenvalue weighted by Crippen LogP contribution is -2.25. The average molecular weight is 329 g/mol. The quantitative estimate of drug-likeness (QED) is 0.384. The zero-order valence-electron chi connectivity index (χ0n) is 12.2. The molecule has 0 spiro atoms. The van der Waals surface area contributed by atoms with E-state index in [0.717, 1.165) is 25.7 Å². The minimum Gasteiger partial charge on any atom is -0.377 e. The van der Waals surface area contributed by atoms with Gasteiger partial charge in [0.25, 0.3) is 11.6 Å². The number of rotatable bonds is 8. The molecule has 0 unspecified atom stereocenters. The Morgan fingerprint density at radius 3 is 2.68 bits per heavy atom. The molecular formula is C14H21ClN4O3. The first kappa shape index (κ1) is 18.2. The van der Waals surface area contributed by atoms with E-state index in [1.165, 1.54) is 6.07 Å². The standard InChI is InChI=1S/C14H20N4O3.ClH/c15-7-1-2-8-16-14(19)10-3-6-12(17-11-4-5-11)13(9-10)18(20)21;/h3,6,9,11,17H,1-2,4-5,7-8,15H2,(H,16,19);1H. The van der Waals surface area contributed by atoms with Crippen LogP contribution in [0.2, 0.25) is 0 Å². The van der Waals surface area contributed by atoms with Crippen LogP contribution in [0.1, 0.15) is 36.0 Å². The number of benzene rings is 1. The number of nitrogens with one attached hydrogen (secondary N) is 2. The van der Waals surface area contributed by atoms with Crippen molar-refractivity contribution in [1.29, 1.82) is 0 Å². The van der Waals surface area contributed by atoms with Gasteiger partial charge in [-0.1, -0.05) is 0 Å². The summed E-state index contributed by atoms with van der Waals surface area (Å²) < 4.78 is 0. The zero-order chi connectivity index (χ0) is 15.2. The first-order valence-corrected chi connectivity index (χ1v) is 7.15. The summed E-state index contributed by atoms with van der Waals surface area (Å²) >= 11 is 0. The van der Waals surface area contributed by atoms with Crippen LogP contribution in [0, 0.1) is 10.1 Å². The summed E-state index contributed by atoms with van der Waals surface area (Å²) in [6.07, 6.45) is 3.69. The fourth-order valence-corrected chi connectivity index (χ4v) is 1.97. The lowest BCUT2D eigenvalue weighted by Gasteiger charge is -2.08. The van der Waals surface area contributed by atoms with Crippen LogP contribution in [-0.4, -0.2) is 30.0 Å². The Kier molecular flexibility index (Phi) is 7.07. The van der Waals surface area contributed by atoms with Gasteiger partial charge in [0.2, 0.25) is 0 Å². The SMILES string of the molecule is Cl.NCCCCNC(=O)c1ccc(NC2CC2)c([N+](=O)[O-])c1. The van der Waals surface area contributed by atoms with Crippen molar-refractivity contribution in [3.63, 3.8) is 0 Å². The average Bonchev–Trinajstić information content (AvgIpc) is 3.27. The molecule has 0 bridgehead atoms.